The zero-order valence-corrected chi connectivity index (χ0v) is 14.9. The third-order valence-electron chi connectivity index (χ3n) is 4.02. The van der Waals surface area contributed by atoms with Crippen molar-refractivity contribution in [3.05, 3.63) is 46.5 Å². The second-order valence-corrected chi connectivity index (χ2v) is 6.98. The fraction of sp³-hybridized carbons (Fsp3) is 0. The highest BCUT2D eigenvalue weighted by atomic mass is 32.2. The lowest BCUT2D eigenvalue weighted by Crippen LogP contribution is -2.23. The molecule has 0 saturated carbocycles. The molecule has 1 aliphatic carbocycles. The maximum Gasteiger partial charge on any atom is 0.302 e. The first-order chi connectivity index (χ1) is 13.6. The quantitative estimate of drug-likeness (QED) is 0.158. The molecule has 3 rings (SSSR count). The molecule has 0 heterocycles. The summed E-state index contributed by atoms with van der Waals surface area (Å²) in [6, 6.07) is 8.24. The van der Waals surface area contributed by atoms with E-state index in [0.29, 0.717) is 0 Å². The molecule has 12 heteroatoms. The highest BCUT2D eigenvalue weighted by Crippen LogP contribution is 2.47. The fourth-order valence-electron chi connectivity index (χ4n) is 2.84. The Morgan fingerprint density at radius 3 is 1.97 bits per heavy atom. The third-order valence-corrected chi connectivity index (χ3v) is 4.93. The van der Waals surface area contributed by atoms with Gasteiger partial charge in [-0.3, -0.25) is 19.6 Å². The molecule has 4 N–H and O–H groups in total. The third kappa shape index (κ3) is 2.94. The van der Waals surface area contributed by atoms with E-state index in [1.807, 2.05) is 5.43 Å². The van der Waals surface area contributed by atoms with E-state index in [2.05, 4.69) is 5.10 Å². The van der Waals surface area contributed by atoms with Crippen LogP contribution in [0.3, 0.4) is 0 Å². The summed E-state index contributed by atoms with van der Waals surface area (Å²) in [4.78, 5) is 24.3. The van der Waals surface area contributed by atoms with Crippen LogP contribution in [0.2, 0.25) is 0 Å². The van der Waals surface area contributed by atoms with E-state index in [1.165, 1.54) is 36.4 Å². The SMILES string of the molecule is N#CC(C#N)=NNc1c(O)c(S(=O)(=O)O)c(O)c2c1C(=O)c1ccccc1C2=O. The van der Waals surface area contributed by atoms with Gasteiger partial charge in [0.05, 0.1) is 11.1 Å². The highest BCUT2D eigenvalue weighted by Gasteiger charge is 2.40. The summed E-state index contributed by atoms with van der Waals surface area (Å²) < 4.78 is 32.7. The molecule has 2 aromatic rings. The molecule has 1 aliphatic rings. The molecular weight excluding hydrogens is 404 g/mol. The molecule has 0 amide bonds. The van der Waals surface area contributed by atoms with Crippen LogP contribution >= 0.6 is 0 Å². The number of fused-ring (bicyclic) bond motifs is 2. The predicted molar refractivity (Wildman–Crippen MR) is 95.2 cm³/mol. The number of hydrogen-bond acceptors (Lipinski definition) is 10. The number of hydrogen-bond donors (Lipinski definition) is 4. The Labute approximate surface area is 162 Å². The Balaban J connectivity index is 2.45. The zero-order chi connectivity index (χ0) is 21.5. The summed E-state index contributed by atoms with van der Waals surface area (Å²) in [5, 5.41) is 41.5. The van der Waals surface area contributed by atoms with E-state index in [-0.39, 0.29) is 11.1 Å². The predicted octanol–water partition coefficient (Wildman–Crippen LogP) is 0.935. The lowest BCUT2D eigenvalue weighted by atomic mass is 9.82. The Kier molecular flexibility index (Phi) is 4.52. The number of anilines is 1. The first-order valence-corrected chi connectivity index (χ1v) is 8.99. The van der Waals surface area contributed by atoms with Crippen LogP contribution in [0, 0.1) is 22.7 Å². The average molecular weight is 412 g/mol. The fourth-order valence-corrected chi connectivity index (χ4v) is 3.53. The number of phenolic OH excluding ortho intramolecular Hbond substituents is 2. The molecule has 0 aromatic heterocycles. The number of hydrazone groups is 1. The van der Waals surface area contributed by atoms with Crippen molar-refractivity contribution < 1.29 is 32.8 Å². The minimum Gasteiger partial charge on any atom is -0.506 e. The zero-order valence-electron chi connectivity index (χ0n) is 14.0. The van der Waals surface area contributed by atoms with Gasteiger partial charge in [-0.05, 0) is 0 Å². The molecule has 0 spiro atoms. The van der Waals surface area contributed by atoms with Gasteiger partial charge in [-0.15, -0.1) is 0 Å². The lowest BCUT2D eigenvalue weighted by molar-refractivity contribution is 0.0976. The standard InChI is InChI=1S/C17H8N4O7S/c18-5-7(6-19)20-21-12-10-11(15(24)17(16(12)25)29(26,27)28)14(23)9-4-2-1-3-8(9)13(10)22/h1-4,21,24-25H,(H,26,27,28). The highest BCUT2D eigenvalue weighted by molar-refractivity contribution is 7.86. The molecular formula is C17H8N4O7S. The molecule has 0 unspecified atom stereocenters. The van der Waals surface area contributed by atoms with Crippen molar-refractivity contribution in [1.82, 2.24) is 0 Å². The molecule has 0 atom stereocenters. The Bertz CT molecular complexity index is 1320. The van der Waals surface area contributed by atoms with Crippen molar-refractivity contribution in [3.63, 3.8) is 0 Å². The normalized spacial score (nSPS) is 12.2. The van der Waals surface area contributed by atoms with E-state index < -0.39 is 60.6 Å². The van der Waals surface area contributed by atoms with Crippen LogP contribution < -0.4 is 5.43 Å². The lowest BCUT2D eigenvalue weighted by Gasteiger charge is -2.23. The van der Waals surface area contributed by atoms with Gasteiger partial charge in [-0.25, -0.2) is 0 Å². The van der Waals surface area contributed by atoms with Gasteiger partial charge in [-0.1, -0.05) is 24.3 Å². The van der Waals surface area contributed by atoms with Gasteiger partial charge in [0.25, 0.3) is 0 Å². The molecule has 11 nitrogen and oxygen atoms in total. The summed E-state index contributed by atoms with van der Waals surface area (Å²) in [6.07, 6.45) is 0. The minimum atomic E-state index is -5.27. The van der Waals surface area contributed by atoms with Gasteiger partial charge in [0.2, 0.25) is 5.71 Å². The van der Waals surface area contributed by atoms with Crippen LogP contribution in [0.15, 0.2) is 34.3 Å². The second-order valence-electron chi connectivity index (χ2n) is 5.63. The van der Waals surface area contributed by atoms with Crippen molar-refractivity contribution in [2.45, 2.75) is 4.90 Å². The van der Waals surface area contributed by atoms with Crippen LogP contribution in [-0.4, -0.2) is 40.5 Å². The van der Waals surface area contributed by atoms with Gasteiger partial charge in [0.15, 0.2) is 28.0 Å². The Hall–Kier alpha value is -4.26. The maximum absolute atomic E-state index is 12.9. The molecule has 0 radical (unpaired) electrons. The largest absolute Gasteiger partial charge is 0.506 e. The number of nitrogens with one attached hydrogen (secondary N) is 1. The van der Waals surface area contributed by atoms with Gasteiger partial charge >= 0.3 is 10.1 Å². The number of carbonyl (C=O) groups excluding carboxylic acids is 2. The number of aromatic hydroxyl groups is 2. The van der Waals surface area contributed by atoms with Crippen molar-refractivity contribution in [3.8, 4) is 23.6 Å². The number of nitriles is 2. The molecule has 0 aliphatic heterocycles. The van der Waals surface area contributed by atoms with E-state index in [1.54, 1.807) is 0 Å². The molecule has 0 fully saturated rings. The number of phenols is 2. The van der Waals surface area contributed by atoms with Gasteiger partial charge < -0.3 is 10.2 Å². The summed E-state index contributed by atoms with van der Waals surface area (Å²) in [5.41, 5.74) is -1.23. The van der Waals surface area contributed by atoms with Crippen LogP contribution in [0.5, 0.6) is 11.5 Å². The first kappa shape index (κ1) is 19.5. The topological polar surface area (TPSA) is 201 Å². The summed E-state index contributed by atoms with van der Waals surface area (Å²) in [7, 11) is -5.27. The van der Waals surface area contributed by atoms with Crippen molar-refractivity contribution in [1.29, 1.82) is 10.5 Å². The van der Waals surface area contributed by atoms with Gasteiger partial charge in [-0.2, -0.15) is 24.0 Å². The number of rotatable bonds is 3. The smallest absolute Gasteiger partial charge is 0.302 e. The van der Waals surface area contributed by atoms with Crippen molar-refractivity contribution in [2.24, 2.45) is 5.10 Å². The van der Waals surface area contributed by atoms with Crippen LogP contribution in [0.4, 0.5) is 5.69 Å². The number of ketones is 2. The summed E-state index contributed by atoms with van der Waals surface area (Å²) in [6.45, 7) is 0. The Morgan fingerprint density at radius 2 is 1.48 bits per heavy atom. The van der Waals surface area contributed by atoms with Crippen molar-refractivity contribution >= 4 is 33.1 Å². The molecule has 0 saturated heterocycles. The van der Waals surface area contributed by atoms with E-state index in [9.17, 15) is 32.8 Å². The van der Waals surface area contributed by atoms with E-state index >= 15 is 0 Å². The minimum absolute atomic E-state index is 0.101. The molecule has 29 heavy (non-hydrogen) atoms. The van der Waals surface area contributed by atoms with E-state index in [0.717, 1.165) is 0 Å². The van der Waals surface area contributed by atoms with E-state index in [4.69, 9.17) is 10.5 Å². The van der Waals surface area contributed by atoms with Gasteiger partial charge in [0, 0.05) is 11.1 Å². The molecule has 144 valence electrons. The molecule has 2 aromatic carbocycles. The average Bonchev–Trinajstić information content (AvgIpc) is 2.67. The van der Waals surface area contributed by atoms with Crippen LogP contribution in [0.25, 0.3) is 0 Å². The second kappa shape index (κ2) is 6.72. The molecule has 0 bridgehead atoms. The van der Waals surface area contributed by atoms with Crippen molar-refractivity contribution in [2.75, 3.05) is 5.43 Å². The summed E-state index contributed by atoms with van der Waals surface area (Å²) >= 11 is 0. The van der Waals surface area contributed by atoms with Gasteiger partial charge in [0.1, 0.15) is 17.8 Å². The van der Waals surface area contributed by atoms with Crippen LogP contribution in [0.1, 0.15) is 31.8 Å². The van der Waals surface area contributed by atoms with Crippen LogP contribution in [-0.2, 0) is 10.1 Å². The Morgan fingerprint density at radius 1 is 0.966 bits per heavy atom. The maximum atomic E-state index is 12.9. The summed E-state index contributed by atoms with van der Waals surface area (Å²) in [5.74, 6) is -4.49. The number of nitrogens with zero attached hydrogens (tertiary/aromatic N) is 3. The number of benzene rings is 2. The number of carbonyl (C=O) groups is 2. The first-order valence-electron chi connectivity index (χ1n) is 7.55. The monoisotopic (exact) mass is 412 g/mol.